The number of methoxy groups -OCH3 is 1. The Morgan fingerprint density at radius 3 is 2.29 bits per heavy atom. The maximum atomic E-state index is 14.2. The summed E-state index contributed by atoms with van der Waals surface area (Å²) in [6.07, 6.45) is -4.70. The predicted octanol–water partition coefficient (Wildman–Crippen LogP) is 5.13. The first-order chi connectivity index (χ1) is 14.6. The van der Waals surface area contributed by atoms with E-state index < -0.39 is 29.2 Å². The van der Waals surface area contributed by atoms with Crippen LogP contribution < -0.4 is 10.5 Å². The number of alkyl halides is 3. The van der Waals surface area contributed by atoms with Crippen molar-refractivity contribution in [2.24, 2.45) is 10.9 Å². The van der Waals surface area contributed by atoms with Crippen molar-refractivity contribution < 1.29 is 37.0 Å². The van der Waals surface area contributed by atoms with Crippen molar-refractivity contribution in [2.45, 2.75) is 6.18 Å². The SMILES string of the molecule is COc1c(F)cc(F)cc1-c1ccc(C(F)(F)F)cc1-c1ccc(O)c(/C(N)=N/O)c1. The highest BCUT2D eigenvalue weighted by Gasteiger charge is 2.32. The van der Waals surface area contributed by atoms with Crippen LogP contribution in [0.2, 0.25) is 0 Å². The van der Waals surface area contributed by atoms with Crippen molar-refractivity contribution in [3.05, 3.63) is 71.3 Å². The van der Waals surface area contributed by atoms with E-state index in [1.54, 1.807) is 0 Å². The Hall–Kier alpha value is -3.82. The van der Waals surface area contributed by atoms with Crippen molar-refractivity contribution in [1.82, 2.24) is 0 Å². The molecule has 4 N–H and O–H groups in total. The standard InChI is InChI=1S/C21H15F5N2O3/c1-31-19-15(8-12(22)9-17(19)23)13-4-3-11(21(24,25)26)7-14(13)10-2-5-18(29)16(6-10)20(27)28-30/h2-9,29-30H,1H3,(H2,27,28). The molecule has 0 saturated heterocycles. The highest BCUT2D eigenvalue weighted by atomic mass is 19.4. The molecule has 0 amide bonds. The van der Waals surface area contributed by atoms with Gasteiger partial charge in [-0.25, -0.2) is 8.78 Å². The van der Waals surface area contributed by atoms with Crippen LogP contribution in [0.15, 0.2) is 53.7 Å². The van der Waals surface area contributed by atoms with Crippen LogP contribution in [-0.4, -0.2) is 23.3 Å². The number of rotatable bonds is 4. The molecule has 3 aromatic rings. The van der Waals surface area contributed by atoms with Crippen LogP contribution in [0.1, 0.15) is 11.1 Å². The van der Waals surface area contributed by atoms with E-state index in [0.29, 0.717) is 6.07 Å². The molecule has 0 spiro atoms. The first kappa shape index (κ1) is 21.9. The molecule has 0 aliphatic heterocycles. The first-order valence-electron chi connectivity index (χ1n) is 8.62. The lowest BCUT2D eigenvalue weighted by molar-refractivity contribution is -0.137. The molecule has 0 unspecified atom stereocenters. The maximum Gasteiger partial charge on any atom is 0.416 e. The molecule has 0 fully saturated rings. The van der Waals surface area contributed by atoms with Crippen molar-refractivity contribution in [3.8, 4) is 33.8 Å². The van der Waals surface area contributed by atoms with Gasteiger partial charge in [0, 0.05) is 11.6 Å². The number of aromatic hydroxyl groups is 1. The van der Waals surface area contributed by atoms with Crippen molar-refractivity contribution >= 4 is 5.84 Å². The van der Waals surface area contributed by atoms with E-state index >= 15 is 0 Å². The second-order valence-corrected chi connectivity index (χ2v) is 6.44. The quantitative estimate of drug-likeness (QED) is 0.173. The van der Waals surface area contributed by atoms with Crippen LogP contribution in [0.4, 0.5) is 22.0 Å². The fourth-order valence-corrected chi connectivity index (χ4v) is 3.12. The zero-order valence-electron chi connectivity index (χ0n) is 15.8. The fraction of sp³-hybridized carbons (Fsp3) is 0.0952. The minimum Gasteiger partial charge on any atom is -0.507 e. The number of halogens is 5. The largest absolute Gasteiger partial charge is 0.507 e. The fourth-order valence-electron chi connectivity index (χ4n) is 3.12. The van der Waals surface area contributed by atoms with E-state index in [2.05, 4.69) is 5.16 Å². The summed E-state index contributed by atoms with van der Waals surface area (Å²) in [4.78, 5) is 0. The van der Waals surface area contributed by atoms with Crippen LogP contribution in [-0.2, 0) is 6.18 Å². The van der Waals surface area contributed by atoms with Crippen LogP contribution >= 0.6 is 0 Å². The van der Waals surface area contributed by atoms with Gasteiger partial charge in [0.15, 0.2) is 17.4 Å². The van der Waals surface area contributed by atoms with Gasteiger partial charge in [0.05, 0.1) is 18.2 Å². The molecule has 3 aromatic carbocycles. The Balaban J connectivity index is 2.37. The van der Waals surface area contributed by atoms with Crippen molar-refractivity contribution in [1.29, 1.82) is 0 Å². The van der Waals surface area contributed by atoms with Crippen LogP contribution in [0.3, 0.4) is 0 Å². The molecule has 0 heterocycles. The van der Waals surface area contributed by atoms with Gasteiger partial charge in [-0.2, -0.15) is 13.2 Å². The summed E-state index contributed by atoms with van der Waals surface area (Å²) in [6.45, 7) is 0. The van der Waals surface area contributed by atoms with Gasteiger partial charge in [-0.15, -0.1) is 0 Å². The zero-order valence-corrected chi connectivity index (χ0v) is 15.8. The number of oxime groups is 1. The van der Waals surface area contributed by atoms with Crippen LogP contribution in [0.25, 0.3) is 22.3 Å². The van der Waals surface area contributed by atoms with E-state index in [0.717, 1.165) is 37.4 Å². The Morgan fingerprint density at radius 2 is 1.68 bits per heavy atom. The number of phenolic OH excluding ortho intramolecular Hbond substituents is 1. The minimum absolute atomic E-state index is 0.0272. The summed E-state index contributed by atoms with van der Waals surface area (Å²) < 4.78 is 73.2. The molecule has 0 aliphatic rings. The lowest BCUT2D eigenvalue weighted by atomic mass is 9.91. The van der Waals surface area contributed by atoms with Gasteiger partial charge in [-0.05, 0) is 47.0 Å². The summed E-state index contributed by atoms with van der Waals surface area (Å²) in [7, 11) is 1.14. The van der Waals surface area contributed by atoms with E-state index in [-0.39, 0.29) is 39.3 Å². The van der Waals surface area contributed by atoms with E-state index in [4.69, 9.17) is 15.7 Å². The predicted molar refractivity (Wildman–Crippen MR) is 103 cm³/mol. The summed E-state index contributed by atoms with van der Waals surface area (Å²) in [5, 5.41) is 21.6. The van der Waals surface area contributed by atoms with Gasteiger partial charge < -0.3 is 20.8 Å². The summed E-state index contributed by atoms with van der Waals surface area (Å²) in [5.41, 5.74) is 4.28. The third-order valence-corrected chi connectivity index (χ3v) is 4.54. The topological polar surface area (TPSA) is 88.1 Å². The molecule has 0 atom stereocenters. The number of hydrogen-bond donors (Lipinski definition) is 3. The van der Waals surface area contributed by atoms with Gasteiger partial charge in [0.2, 0.25) is 0 Å². The number of nitrogens with two attached hydrogens (primary N) is 1. The number of ether oxygens (including phenoxy) is 1. The third-order valence-electron chi connectivity index (χ3n) is 4.54. The highest BCUT2D eigenvalue weighted by Crippen LogP contribution is 2.42. The van der Waals surface area contributed by atoms with E-state index in [1.165, 1.54) is 12.1 Å². The Morgan fingerprint density at radius 1 is 0.968 bits per heavy atom. The van der Waals surface area contributed by atoms with Crippen molar-refractivity contribution in [2.75, 3.05) is 7.11 Å². The Labute approximate surface area is 172 Å². The molecular weight excluding hydrogens is 423 g/mol. The van der Waals surface area contributed by atoms with Gasteiger partial charge in [-0.1, -0.05) is 17.3 Å². The minimum atomic E-state index is -4.70. The normalized spacial score (nSPS) is 12.1. The number of hydrogen-bond acceptors (Lipinski definition) is 4. The molecule has 31 heavy (non-hydrogen) atoms. The molecule has 162 valence electrons. The summed E-state index contributed by atoms with van der Waals surface area (Å²) in [5.74, 6) is -3.23. The van der Waals surface area contributed by atoms with E-state index in [9.17, 15) is 27.1 Å². The molecule has 3 rings (SSSR count). The molecule has 0 saturated carbocycles. The van der Waals surface area contributed by atoms with Gasteiger partial charge in [0.1, 0.15) is 11.6 Å². The monoisotopic (exact) mass is 438 g/mol. The Kier molecular flexibility index (Phi) is 5.74. The molecule has 0 aliphatic carbocycles. The number of amidine groups is 1. The lowest BCUT2D eigenvalue weighted by Crippen LogP contribution is -2.13. The first-order valence-corrected chi connectivity index (χ1v) is 8.62. The van der Waals surface area contributed by atoms with Crippen LogP contribution in [0.5, 0.6) is 11.5 Å². The van der Waals surface area contributed by atoms with Crippen LogP contribution in [0, 0.1) is 11.6 Å². The van der Waals surface area contributed by atoms with Gasteiger partial charge in [-0.3, -0.25) is 0 Å². The number of benzene rings is 3. The highest BCUT2D eigenvalue weighted by molar-refractivity contribution is 6.01. The van der Waals surface area contributed by atoms with Gasteiger partial charge in [0.25, 0.3) is 0 Å². The second kappa shape index (κ2) is 8.13. The molecule has 0 bridgehead atoms. The molecule has 5 nitrogen and oxygen atoms in total. The number of nitrogens with zero attached hydrogens (tertiary/aromatic N) is 1. The molecular formula is C21H15F5N2O3. The average molecular weight is 438 g/mol. The molecule has 10 heteroatoms. The third kappa shape index (κ3) is 4.23. The average Bonchev–Trinajstić information content (AvgIpc) is 2.72. The van der Waals surface area contributed by atoms with E-state index in [1.807, 2.05) is 0 Å². The second-order valence-electron chi connectivity index (χ2n) is 6.44. The zero-order chi connectivity index (χ0) is 22.9. The summed E-state index contributed by atoms with van der Waals surface area (Å²) >= 11 is 0. The molecule has 0 aromatic heterocycles. The smallest absolute Gasteiger partial charge is 0.416 e. The maximum absolute atomic E-state index is 14.2. The van der Waals surface area contributed by atoms with Crippen molar-refractivity contribution in [3.63, 3.8) is 0 Å². The number of phenols is 1. The Bertz CT molecular complexity index is 1180. The van der Waals surface area contributed by atoms with Gasteiger partial charge >= 0.3 is 6.18 Å². The summed E-state index contributed by atoms with van der Waals surface area (Å²) in [6, 6.07) is 7.74. The lowest BCUT2D eigenvalue weighted by Gasteiger charge is -2.17. The molecule has 0 radical (unpaired) electrons.